The molecule has 0 aliphatic heterocycles. The molecular weight excluding hydrogens is 362 g/mol. The van der Waals surface area contributed by atoms with Crippen molar-refractivity contribution < 1.29 is 4.79 Å². The summed E-state index contributed by atoms with van der Waals surface area (Å²) in [5, 5.41) is 4.51. The lowest BCUT2D eigenvalue weighted by atomic mass is 10.1. The summed E-state index contributed by atoms with van der Waals surface area (Å²) in [6.07, 6.45) is 6.05. The number of nitrogens with zero attached hydrogens (tertiary/aromatic N) is 3. The van der Waals surface area contributed by atoms with Gasteiger partial charge in [-0.2, -0.15) is 0 Å². The minimum Gasteiger partial charge on any atom is -0.368 e. The van der Waals surface area contributed by atoms with Crippen molar-refractivity contribution in [3.05, 3.63) is 90.0 Å². The zero-order chi connectivity index (χ0) is 20.1. The van der Waals surface area contributed by atoms with Gasteiger partial charge in [-0.05, 0) is 23.6 Å². The van der Waals surface area contributed by atoms with Crippen LogP contribution in [0.5, 0.6) is 0 Å². The zero-order valence-electron chi connectivity index (χ0n) is 16.3. The highest BCUT2D eigenvalue weighted by atomic mass is 16.2. The molecule has 0 saturated carbocycles. The Kier molecular flexibility index (Phi) is 5.52. The Hall–Kier alpha value is -3.67. The lowest BCUT2D eigenvalue weighted by Gasteiger charge is -2.16. The molecule has 0 bridgehead atoms. The number of carbonyl (C=O) groups excluding carboxylic acids is 1. The quantitative estimate of drug-likeness (QED) is 0.506. The summed E-state index contributed by atoms with van der Waals surface area (Å²) in [5.74, 6) is 0.513. The molecule has 4 aromatic rings. The van der Waals surface area contributed by atoms with Crippen LogP contribution >= 0.6 is 0 Å². The van der Waals surface area contributed by atoms with Gasteiger partial charge in [0.1, 0.15) is 11.5 Å². The number of hydrogen-bond acceptors (Lipinski definition) is 4. The molecule has 0 atom stereocenters. The highest BCUT2D eigenvalue weighted by Gasteiger charge is 2.14. The average molecular weight is 385 g/mol. The molecule has 29 heavy (non-hydrogen) atoms. The van der Waals surface area contributed by atoms with Gasteiger partial charge in [-0.15, -0.1) is 0 Å². The van der Waals surface area contributed by atoms with Crippen LogP contribution in [-0.4, -0.2) is 39.4 Å². The van der Waals surface area contributed by atoms with Crippen molar-refractivity contribution in [1.82, 2.24) is 19.9 Å². The van der Waals surface area contributed by atoms with Gasteiger partial charge in [0.15, 0.2) is 0 Å². The number of hydrogen-bond donors (Lipinski definition) is 2. The Balaban J connectivity index is 1.32. The van der Waals surface area contributed by atoms with Crippen molar-refractivity contribution in [3.8, 4) is 0 Å². The monoisotopic (exact) mass is 385 g/mol. The third-order valence-electron chi connectivity index (χ3n) is 4.86. The van der Waals surface area contributed by atoms with Crippen LogP contribution in [-0.2, 0) is 13.0 Å². The second-order valence-electron chi connectivity index (χ2n) is 6.97. The number of para-hydroxylation sites is 1. The van der Waals surface area contributed by atoms with Gasteiger partial charge in [0.25, 0.3) is 5.91 Å². The van der Waals surface area contributed by atoms with Crippen LogP contribution in [0.15, 0.2) is 73.2 Å². The smallest absolute Gasteiger partial charge is 0.274 e. The molecule has 2 aromatic carbocycles. The molecule has 6 nitrogen and oxygen atoms in total. The molecule has 4 rings (SSSR count). The zero-order valence-corrected chi connectivity index (χ0v) is 16.3. The summed E-state index contributed by atoms with van der Waals surface area (Å²) in [6.45, 7) is 1.27. The summed E-state index contributed by atoms with van der Waals surface area (Å²) in [7, 11) is 1.77. The number of amides is 1. The van der Waals surface area contributed by atoms with Gasteiger partial charge < -0.3 is 15.2 Å². The average Bonchev–Trinajstić information content (AvgIpc) is 3.18. The van der Waals surface area contributed by atoms with E-state index in [0.29, 0.717) is 18.1 Å². The first-order valence-corrected chi connectivity index (χ1v) is 9.61. The summed E-state index contributed by atoms with van der Waals surface area (Å²) >= 11 is 0. The van der Waals surface area contributed by atoms with Gasteiger partial charge in [0, 0.05) is 37.2 Å². The number of fused-ring (bicyclic) bond motifs is 1. The van der Waals surface area contributed by atoms with E-state index in [1.54, 1.807) is 18.1 Å². The normalized spacial score (nSPS) is 10.8. The van der Waals surface area contributed by atoms with Gasteiger partial charge in [0.2, 0.25) is 0 Å². The molecular formula is C23H23N5O. The van der Waals surface area contributed by atoms with Gasteiger partial charge in [-0.1, -0.05) is 48.5 Å². The number of rotatable bonds is 7. The second kappa shape index (κ2) is 8.56. The highest BCUT2D eigenvalue weighted by Crippen LogP contribution is 2.18. The molecule has 0 spiro atoms. The van der Waals surface area contributed by atoms with Gasteiger partial charge in [0.05, 0.1) is 12.4 Å². The molecule has 2 aromatic heterocycles. The first-order valence-electron chi connectivity index (χ1n) is 9.61. The first-order chi connectivity index (χ1) is 14.2. The van der Waals surface area contributed by atoms with Crippen LogP contribution in [0.25, 0.3) is 10.9 Å². The fourth-order valence-corrected chi connectivity index (χ4v) is 3.32. The first kappa shape index (κ1) is 18.7. The molecule has 2 N–H and O–H groups in total. The van der Waals surface area contributed by atoms with E-state index in [9.17, 15) is 4.79 Å². The second-order valence-corrected chi connectivity index (χ2v) is 6.97. The van der Waals surface area contributed by atoms with Crippen molar-refractivity contribution in [2.75, 3.05) is 18.9 Å². The van der Waals surface area contributed by atoms with Gasteiger partial charge in [-0.3, -0.25) is 4.79 Å². The third-order valence-corrected chi connectivity index (χ3v) is 4.86. The lowest BCUT2D eigenvalue weighted by Crippen LogP contribution is -2.27. The number of H-pyrrole nitrogens is 1. The summed E-state index contributed by atoms with van der Waals surface area (Å²) in [4.78, 5) is 26.1. The molecule has 6 heteroatoms. The molecule has 0 radical (unpaired) electrons. The fraction of sp³-hybridized carbons (Fsp3) is 0.174. The number of anilines is 1. The van der Waals surface area contributed by atoms with Gasteiger partial charge >= 0.3 is 0 Å². The summed E-state index contributed by atoms with van der Waals surface area (Å²) < 4.78 is 0. The van der Waals surface area contributed by atoms with Crippen LogP contribution in [0, 0.1) is 0 Å². The lowest BCUT2D eigenvalue weighted by molar-refractivity contribution is 0.0779. The number of aromatic nitrogens is 3. The maximum Gasteiger partial charge on any atom is 0.274 e. The molecule has 2 heterocycles. The largest absolute Gasteiger partial charge is 0.368 e. The van der Waals surface area contributed by atoms with Crippen LogP contribution in [0.2, 0.25) is 0 Å². The number of carbonyl (C=O) groups is 1. The Bertz CT molecular complexity index is 1090. The molecule has 0 aliphatic rings. The molecule has 1 amide bonds. The Morgan fingerprint density at radius 1 is 1.03 bits per heavy atom. The Morgan fingerprint density at radius 2 is 1.83 bits per heavy atom. The van der Waals surface area contributed by atoms with E-state index in [0.717, 1.165) is 24.0 Å². The Morgan fingerprint density at radius 3 is 2.62 bits per heavy atom. The topological polar surface area (TPSA) is 73.9 Å². The van der Waals surface area contributed by atoms with Crippen molar-refractivity contribution in [2.45, 2.75) is 13.0 Å². The molecule has 0 fully saturated rings. The van der Waals surface area contributed by atoms with Crippen molar-refractivity contribution in [1.29, 1.82) is 0 Å². The SMILES string of the molecule is CN(Cc1ccccc1)C(=O)c1cnc(NCCc2c[nH]c3ccccc23)cn1. The standard InChI is InChI=1S/C23H23N5O/c1-28(16-17-7-3-2-4-8-17)23(29)21-14-27-22(15-26-21)24-12-11-18-13-25-20-10-6-5-9-19(18)20/h2-10,13-15,25H,11-12,16H2,1H3,(H,24,27). The van der Waals surface area contributed by atoms with Crippen molar-refractivity contribution >= 4 is 22.6 Å². The van der Waals surface area contributed by atoms with Crippen molar-refractivity contribution in [2.24, 2.45) is 0 Å². The maximum atomic E-state index is 12.6. The highest BCUT2D eigenvalue weighted by molar-refractivity contribution is 5.91. The van der Waals surface area contributed by atoms with Gasteiger partial charge in [-0.25, -0.2) is 9.97 Å². The van der Waals surface area contributed by atoms with Crippen LogP contribution in [0.1, 0.15) is 21.6 Å². The van der Waals surface area contributed by atoms with E-state index >= 15 is 0 Å². The number of benzene rings is 2. The van der Waals surface area contributed by atoms with Crippen molar-refractivity contribution in [3.63, 3.8) is 0 Å². The van der Waals surface area contributed by atoms with Crippen LogP contribution in [0.3, 0.4) is 0 Å². The van der Waals surface area contributed by atoms with E-state index < -0.39 is 0 Å². The Labute approximate surface area is 169 Å². The van der Waals surface area contributed by atoms with Crippen LogP contribution in [0.4, 0.5) is 5.82 Å². The fourth-order valence-electron chi connectivity index (χ4n) is 3.32. The molecule has 0 saturated heterocycles. The number of nitrogens with one attached hydrogen (secondary N) is 2. The maximum absolute atomic E-state index is 12.6. The van der Waals surface area contributed by atoms with Crippen LogP contribution < -0.4 is 5.32 Å². The predicted octanol–water partition coefficient (Wildman–Crippen LogP) is 3.88. The van der Waals surface area contributed by atoms with E-state index in [2.05, 4.69) is 32.4 Å². The van der Waals surface area contributed by atoms with E-state index in [1.807, 2.05) is 48.7 Å². The predicted molar refractivity (Wildman–Crippen MR) is 115 cm³/mol. The summed E-state index contributed by atoms with van der Waals surface area (Å²) in [6, 6.07) is 18.1. The minimum absolute atomic E-state index is 0.147. The number of aromatic amines is 1. The third kappa shape index (κ3) is 4.43. The molecule has 0 aliphatic carbocycles. The molecule has 0 unspecified atom stereocenters. The van der Waals surface area contributed by atoms with E-state index in [-0.39, 0.29) is 5.91 Å². The minimum atomic E-state index is -0.147. The van der Waals surface area contributed by atoms with E-state index in [4.69, 9.17) is 0 Å². The molecule has 146 valence electrons. The summed E-state index contributed by atoms with van der Waals surface area (Å²) in [5.41, 5.74) is 3.82. The van der Waals surface area contributed by atoms with E-state index in [1.165, 1.54) is 17.1 Å².